The van der Waals surface area contributed by atoms with Crippen LogP contribution < -0.4 is 10.6 Å². The third kappa shape index (κ3) is 2.16. The van der Waals surface area contributed by atoms with Crippen LogP contribution in [0.3, 0.4) is 0 Å². The van der Waals surface area contributed by atoms with Crippen molar-refractivity contribution in [2.24, 2.45) is 11.3 Å². The first-order chi connectivity index (χ1) is 9.63. The van der Waals surface area contributed by atoms with Crippen molar-refractivity contribution in [3.8, 4) is 0 Å². The molecule has 20 heavy (non-hydrogen) atoms. The minimum Gasteiger partial charge on any atom is -0.469 e. The Morgan fingerprint density at radius 1 is 1.55 bits per heavy atom. The minimum atomic E-state index is -0.249. The fraction of sp³-hybridized carbons (Fsp3) is 0.688. The molecule has 4 heteroatoms. The van der Waals surface area contributed by atoms with Crippen LogP contribution in [-0.2, 0) is 11.2 Å². The quantitative estimate of drug-likeness (QED) is 0.891. The number of nitrogens with one attached hydrogen (secondary N) is 2. The van der Waals surface area contributed by atoms with Gasteiger partial charge in [0.1, 0.15) is 5.76 Å². The van der Waals surface area contributed by atoms with Crippen molar-refractivity contribution in [1.29, 1.82) is 0 Å². The second-order valence-corrected chi connectivity index (χ2v) is 6.46. The molecule has 2 aliphatic rings. The van der Waals surface area contributed by atoms with Gasteiger partial charge in [0.15, 0.2) is 0 Å². The average Bonchev–Trinajstić information content (AvgIpc) is 3.09. The Kier molecular flexibility index (Phi) is 3.59. The van der Waals surface area contributed by atoms with Gasteiger partial charge in [-0.2, -0.15) is 0 Å². The van der Waals surface area contributed by atoms with E-state index < -0.39 is 0 Å². The Labute approximate surface area is 120 Å². The molecule has 1 saturated heterocycles. The summed E-state index contributed by atoms with van der Waals surface area (Å²) in [6.45, 7) is 6.03. The molecule has 2 N–H and O–H groups in total. The number of fused-ring (bicyclic) bond motifs is 1. The van der Waals surface area contributed by atoms with Crippen LogP contribution in [0.1, 0.15) is 50.5 Å². The highest BCUT2D eigenvalue weighted by molar-refractivity contribution is 5.84. The summed E-state index contributed by atoms with van der Waals surface area (Å²) in [5.41, 5.74) is 0.927. The second kappa shape index (κ2) is 5.24. The molecular formula is C16H24N2O2. The van der Waals surface area contributed by atoms with Crippen molar-refractivity contribution in [3.63, 3.8) is 0 Å². The molecule has 2 unspecified atom stereocenters. The average molecular weight is 276 g/mol. The van der Waals surface area contributed by atoms with Gasteiger partial charge in [-0.15, -0.1) is 0 Å². The molecule has 110 valence electrons. The number of amides is 1. The van der Waals surface area contributed by atoms with E-state index in [0.29, 0.717) is 5.92 Å². The number of aryl methyl sites for hydroxylation is 1. The highest BCUT2D eigenvalue weighted by Crippen LogP contribution is 2.37. The topological polar surface area (TPSA) is 54.3 Å². The van der Waals surface area contributed by atoms with E-state index in [4.69, 9.17) is 4.42 Å². The van der Waals surface area contributed by atoms with Crippen LogP contribution in [0.25, 0.3) is 0 Å². The zero-order valence-corrected chi connectivity index (χ0v) is 12.4. The highest BCUT2D eigenvalue weighted by atomic mass is 16.3. The summed E-state index contributed by atoms with van der Waals surface area (Å²) in [5, 5.41) is 6.63. The maximum Gasteiger partial charge on any atom is 0.228 e. The molecule has 3 rings (SSSR count). The van der Waals surface area contributed by atoms with E-state index in [9.17, 15) is 4.79 Å². The van der Waals surface area contributed by atoms with Crippen molar-refractivity contribution in [3.05, 3.63) is 23.7 Å². The molecule has 0 saturated carbocycles. The molecular weight excluding hydrogens is 252 g/mol. The number of carbonyl (C=O) groups is 1. The molecule has 1 amide bonds. The van der Waals surface area contributed by atoms with Gasteiger partial charge in [-0.25, -0.2) is 0 Å². The normalized spacial score (nSPS) is 29.4. The third-order valence-corrected chi connectivity index (χ3v) is 5.10. The maximum atomic E-state index is 12.8. The lowest BCUT2D eigenvalue weighted by atomic mass is 9.75. The molecule has 1 aliphatic carbocycles. The largest absolute Gasteiger partial charge is 0.469 e. The van der Waals surface area contributed by atoms with E-state index in [1.165, 1.54) is 5.56 Å². The van der Waals surface area contributed by atoms with Crippen LogP contribution >= 0.6 is 0 Å². The SMILES string of the molecule is CC(C)C1(C(=O)NC2CCCc3occc32)CCNC1. The second-order valence-electron chi connectivity index (χ2n) is 6.46. The van der Waals surface area contributed by atoms with Gasteiger partial charge < -0.3 is 15.1 Å². The number of hydrogen-bond acceptors (Lipinski definition) is 3. The summed E-state index contributed by atoms with van der Waals surface area (Å²) in [7, 11) is 0. The number of rotatable bonds is 3. The van der Waals surface area contributed by atoms with E-state index in [1.807, 2.05) is 6.07 Å². The van der Waals surface area contributed by atoms with E-state index in [-0.39, 0.29) is 17.4 Å². The van der Waals surface area contributed by atoms with Crippen LogP contribution in [0, 0.1) is 11.3 Å². The molecule has 0 spiro atoms. The molecule has 0 aromatic carbocycles. The van der Waals surface area contributed by atoms with Crippen molar-refractivity contribution in [2.45, 2.75) is 45.6 Å². The molecule has 0 bridgehead atoms. The first-order valence-corrected chi connectivity index (χ1v) is 7.71. The van der Waals surface area contributed by atoms with Gasteiger partial charge in [-0.3, -0.25) is 4.79 Å². The molecule has 1 aromatic heterocycles. The molecule has 0 radical (unpaired) electrons. The van der Waals surface area contributed by atoms with Crippen molar-refractivity contribution >= 4 is 5.91 Å². The molecule has 2 heterocycles. The zero-order valence-electron chi connectivity index (χ0n) is 12.4. The first kappa shape index (κ1) is 13.7. The van der Waals surface area contributed by atoms with Crippen LogP contribution in [0.2, 0.25) is 0 Å². The molecule has 1 aromatic rings. The lowest BCUT2D eigenvalue weighted by molar-refractivity contribution is -0.133. The van der Waals surface area contributed by atoms with E-state index in [1.54, 1.807) is 6.26 Å². The fourth-order valence-electron chi connectivity index (χ4n) is 3.60. The number of furan rings is 1. The van der Waals surface area contributed by atoms with Crippen molar-refractivity contribution in [1.82, 2.24) is 10.6 Å². The third-order valence-electron chi connectivity index (χ3n) is 5.10. The Morgan fingerprint density at radius 3 is 3.10 bits per heavy atom. The standard InChI is InChI=1S/C16H24N2O2/c1-11(2)16(7-8-17-10-16)15(19)18-13-4-3-5-14-12(13)6-9-20-14/h6,9,11,13,17H,3-5,7-8,10H2,1-2H3,(H,18,19). The van der Waals surface area contributed by atoms with Crippen LogP contribution in [-0.4, -0.2) is 19.0 Å². The van der Waals surface area contributed by atoms with E-state index in [0.717, 1.165) is 44.5 Å². The van der Waals surface area contributed by atoms with Gasteiger partial charge in [-0.05, 0) is 37.8 Å². The predicted octanol–water partition coefficient (Wildman–Crippen LogP) is 2.41. The smallest absolute Gasteiger partial charge is 0.228 e. The molecule has 2 atom stereocenters. The number of hydrogen-bond donors (Lipinski definition) is 2. The maximum absolute atomic E-state index is 12.8. The van der Waals surface area contributed by atoms with Crippen LogP contribution in [0.5, 0.6) is 0 Å². The van der Waals surface area contributed by atoms with Crippen LogP contribution in [0.4, 0.5) is 0 Å². The Balaban J connectivity index is 1.77. The van der Waals surface area contributed by atoms with Gasteiger partial charge in [0.2, 0.25) is 5.91 Å². The summed E-state index contributed by atoms with van der Waals surface area (Å²) < 4.78 is 5.50. The molecule has 1 aliphatic heterocycles. The summed E-state index contributed by atoms with van der Waals surface area (Å²) in [4.78, 5) is 12.8. The highest BCUT2D eigenvalue weighted by Gasteiger charge is 2.44. The lowest BCUT2D eigenvalue weighted by Gasteiger charge is -2.34. The van der Waals surface area contributed by atoms with Gasteiger partial charge in [0, 0.05) is 18.5 Å². The monoisotopic (exact) mass is 276 g/mol. The first-order valence-electron chi connectivity index (χ1n) is 7.71. The fourth-order valence-corrected chi connectivity index (χ4v) is 3.60. The zero-order chi connectivity index (χ0) is 14.2. The van der Waals surface area contributed by atoms with Gasteiger partial charge in [0.25, 0.3) is 0 Å². The van der Waals surface area contributed by atoms with Gasteiger partial charge in [0.05, 0.1) is 17.7 Å². The lowest BCUT2D eigenvalue weighted by Crippen LogP contribution is -2.47. The van der Waals surface area contributed by atoms with E-state index in [2.05, 4.69) is 24.5 Å². The Morgan fingerprint density at radius 2 is 2.40 bits per heavy atom. The summed E-state index contributed by atoms with van der Waals surface area (Å²) in [6, 6.07) is 2.13. The van der Waals surface area contributed by atoms with E-state index >= 15 is 0 Å². The molecule has 4 nitrogen and oxygen atoms in total. The predicted molar refractivity (Wildman–Crippen MR) is 77.3 cm³/mol. The summed E-state index contributed by atoms with van der Waals surface area (Å²) in [5.74, 6) is 1.60. The minimum absolute atomic E-state index is 0.126. The Bertz CT molecular complexity index is 486. The molecule has 1 fully saturated rings. The van der Waals surface area contributed by atoms with Gasteiger partial charge >= 0.3 is 0 Å². The van der Waals surface area contributed by atoms with Crippen LogP contribution in [0.15, 0.2) is 16.7 Å². The van der Waals surface area contributed by atoms with Crippen molar-refractivity contribution < 1.29 is 9.21 Å². The Hall–Kier alpha value is -1.29. The number of carbonyl (C=O) groups excluding carboxylic acids is 1. The summed E-state index contributed by atoms with van der Waals surface area (Å²) in [6.07, 6.45) is 5.76. The van der Waals surface area contributed by atoms with Crippen molar-refractivity contribution in [2.75, 3.05) is 13.1 Å². The summed E-state index contributed by atoms with van der Waals surface area (Å²) >= 11 is 0. The van der Waals surface area contributed by atoms with Gasteiger partial charge in [-0.1, -0.05) is 13.8 Å².